The van der Waals surface area contributed by atoms with Gasteiger partial charge < -0.3 is 10.1 Å². The molecule has 1 aromatic heterocycles. The van der Waals surface area contributed by atoms with Gasteiger partial charge in [-0.1, -0.05) is 17.7 Å². The molecule has 1 saturated carbocycles. The molecule has 1 aliphatic rings. The quantitative estimate of drug-likeness (QED) is 0.884. The lowest BCUT2D eigenvalue weighted by Gasteiger charge is -2.13. The van der Waals surface area contributed by atoms with Crippen LogP contribution in [0.2, 0.25) is 5.02 Å². The van der Waals surface area contributed by atoms with Gasteiger partial charge in [0.05, 0.1) is 10.6 Å². The molecule has 126 valence electrons. The minimum atomic E-state index is -0.639. The fourth-order valence-corrected chi connectivity index (χ4v) is 3.04. The number of benzene rings is 1. The Bertz CT molecular complexity index is 712. The molecule has 0 atom stereocenters. The minimum Gasteiger partial charge on any atom is -0.474 e. The lowest BCUT2D eigenvalue weighted by atomic mass is 10.2. The van der Waals surface area contributed by atoms with Gasteiger partial charge in [0.25, 0.3) is 5.91 Å². The average molecular weight is 349 g/mol. The Labute approximate surface area is 145 Å². The Morgan fingerprint density at radius 1 is 1.33 bits per heavy atom. The number of ether oxygens (including phenoxy) is 1. The fourth-order valence-electron chi connectivity index (χ4n) is 2.79. The van der Waals surface area contributed by atoms with E-state index >= 15 is 0 Å². The maximum Gasteiger partial charge on any atom is 0.256 e. The molecule has 1 amide bonds. The number of carbonyl (C=O) groups is 1. The Morgan fingerprint density at radius 3 is 2.88 bits per heavy atom. The molecule has 1 N–H and O–H groups in total. The topological polar surface area (TPSA) is 51.2 Å². The van der Waals surface area contributed by atoms with Crippen molar-refractivity contribution in [2.45, 2.75) is 38.3 Å². The molecule has 0 radical (unpaired) electrons. The molecule has 24 heavy (non-hydrogen) atoms. The minimum absolute atomic E-state index is 0.0903. The zero-order valence-electron chi connectivity index (χ0n) is 13.1. The number of amides is 1. The van der Waals surface area contributed by atoms with Gasteiger partial charge in [0, 0.05) is 18.8 Å². The third-order valence-corrected chi connectivity index (χ3v) is 4.35. The van der Waals surface area contributed by atoms with Crippen LogP contribution in [0.25, 0.3) is 0 Å². The second-order valence-corrected chi connectivity index (χ2v) is 6.21. The van der Waals surface area contributed by atoms with E-state index in [9.17, 15) is 9.18 Å². The van der Waals surface area contributed by atoms with Crippen molar-refractivity contribution in [3.05, 3.63) is 58.5 Å². The van der Waals surface area contributed by atoms with Crippen LogP contribution < -0.4 is 10.1 Å². The molecule has 1 fully saturated rings. The van der Waals surface area contributed by atoms with Crippen LogP contribution in [0.3, 0.4) is 0 Å². The van der Waals surface area contributed by atoms with E-state index in [1.165, 1.54) is 31.0 Å². The highest BCUT2D eigenvalue weighted by molar-refractivity contribution is 6.33. The number of hydrogen-bond donors (Lipinski definition) is 1. The van der Waals surface area contributed by atoms with Crippen LogP contribution >= 0.6 is 11.6 Å². The van der Waals surface area contributed by atoms with Gasteiger partial charge in [-0.3, -0.25) is 4.79 Å². The molecule has 2 aromatic rings. The van der Waals surface area contributed by atoms with E-state index in [1.54, 1.807) is 18.3 Å². The molecule has 3 rings (SSSR count). The average Bonchev–Trinajstić information content (AvgIpc) is 3.06. The third kappa shape index (κ3) is 4.03. The Morgan fingerprint density at radius 2 is 2.12 bits per heavy atom. The van der Waals surface area contributed by atoms with Gasteiger partial charge in [0.1, 0.15) is 11.9 Å². The summed E-state index contributed by atoms with van der Waals surface area (Å²) in [5, 5.41) is 2.76. The van der Waals surface area contributed by atoms with Gasteiger partial charge in [0.2, 0.25) is 5.88 Å². The Kier molecular flexibility index (Phi) is 5.30. The van der Waals surface area contributed by atoms with Crippen molar-refractivity contribution in [3.8, 4) is 5.88 Å². The molecular weight excluding hydrogens is 331 g/mol. The van der Waals surface area contributed by atoms with Gasteiger partial charge >= 0.3 is 0 Å². The second kappa shape index (κ2) is 7.62. The van der Waals surface area contributed by atoms with Gasteiger partial charge in [0.15, 0.2) is 0 Å². The summed E-state index contributed by atoms with van der Waals surface area (Å²) in [4.78, 5) is 16.3. The molecular formula is C18H18ClFN2O2. The van der Waals surface area contributed by atoms with Gasteiger partial charge in [-0.25, -0.2) is 9.37 Å². The number of rotatable bonds is 5. The Hall–Kier alpha value is -2.14. The van der Waals surface area contributed by atoms with E-state index in [2.05, 4.69) is 10.3 Å². The van der Waals surface area contributed by atoms with Crippen LogP contribution in [-0.2, 0) is 6.54 Å². The van der Waals surface area contributed by atoms with E-state index < -0.39 is 11.7 Å². The number of pyridine rings is 1. The predicted octanol–water partition coefficient (Wildman–Crippen LogP) is 4.13. The van der Waals surface area contributed by atoms with Crippen molar-refractivity contribution in [2.24, 2.45) is 0 Å². The molecule has 0 saturated heterocycles. The van der Waals surface area contributed by atoms with Crippen molar-refractivity contribution < 1.29 is 13.9 Å². The van der Waals surface area contributed by atoms with Gasteiger partial charge in [-0.2, -0.15) is 0 Å². The number of hydrogen-bond acceptors (Lipinski definition) is 3. The first-order chi connectivity index (χ1) is 11.6. The maximum atomic E-state index is 13.7. The molecule has 6 heteroatoms. The Balaban J connectivity index is 1.63. The van der Waals surface area contributed by atoms with Crippen molar-refractivity contribution >= 4 is 17.5 Å². The van der Waals surface area contributed by atoms with E-state index in [-0.39, 0.29) is 23.2 Å². The number of nitrogens with one attached hydrogen (secondary N) is 1. The maximum absolute atomic E-state index is 13.7. The molecule has 0 unspecified atom stereocenters. The first-order valence-electron chi connectivity index (χ1n) is 7.97. The molecule has 0 spiro atoms. The summed E-state index contributed by atoms with van der Waals surface area (Å²) in [5.41, 5.74) is 0.689. The normalized spacial score (nSPS) is 14.6. The summed E-state index contributed by atoms with van der Waals surface area (Å²) in [7, 11) is 0. The van der Waals surface area contributed by atoms with Gasteiger partial charge in [-0.05, 0) is 49.4 Å². The summed E-state index contributed by atoms with van der Waals surface area (Å²) in [6.45, 7) is 0.243. The smallest absolute Gasteiger partial charge is 0.256 e. The van der Waals surface area contributed by atoms with Crippen LogP contribution in [-0.4, -0.2) is 17.0 Å². The SMILES string of the molecule is O=C(NCc1ccnc(OC2CCCC2)c1)c1c(F)cccc1Cl. The number of carbonyl (C=O) groups excluding carboxylic acids is 1. The van der Waals surface area contributed by atoms with Crippen LogP contribution in [0.4, 0.5) is 4.39 Å². The molecule has 1 aromatic carbocycles. The van der Waals surface area contributed by atoms with Crippen LogP contribution in [0.15, 0.2) is 36.5 Å². The molecule has 1 aliphatic carbocycles. The fraction of sp³-hybridized carbons (Fsp3) is 0.333. The molecule has 4 nitrogen and oxygen atoms in total. The summed E-state index contributed by atoms with van der Waals surface area (Å²) < 4.78 is 19.6. The van der Waals surface area contributed by atoms with E-state index in [4.69, 9.17) is 16.3 Å². The molecule has 1 heterocycles. The third-order valence-electron chi connectivity index (χ3n) is 4.03. The van der Waals surface area contributed by atoms with Crippen molar-refractivity contribution in [3.63, 3.8) is 0 Å². The van der Waals surface area contributed by atoms with Crippen molar-refractivity contribution in [2.75, 3.05) is 0 Å². The standard InChI is InChI=1S/C18H18ClFN2O2/c19-14-6-3-7-15(20)17(14)18(23)22-11-12-8-9-21-16(10-12)24-13-4-1-2-5-13/h3,6-10,13H,1-2,4-5,11H2,(H,22,23). The van der Waals surface area contributed by atoms with E-state index in [1.807, 2.05) is 0 Å². The zero-order valence-corrected chi connectivity index (χ0v) is 13.9. The number of aromatic nitrogens is 1. The first-order valence-corrected chi connectivity index (χ1v) is 8.35. The first kappa shape index (κ1) is 16.7. The molecule has 0 bridgehead atoms. The second-order valence-electron chi connectivity index (χ2n) is 5.81. The highest BCUT2D eigenvalue weighted by Gasteiger charge is 2.18. The van der Waals surface area contributed by atoms with Crippen LogP contribution in [0.1, 0.15) is 41.6 Å². The molecule has 0 aliphatic heterocycles. The highest BCUT2D eigenvalue weighted by Crippen LogP contribution is 2.23. The van der Waals surface area contributed by atoms with Gasteiger partial charge in [-0.15, -0.1) is 0 Å². The summed E-state index contributed by atoms with van der Waals surface area (Å²) in [6.07, 6.45) is 6.33. The lowest BCUT2D eigenvalue weighted by Crippen LogP contribution is -2.24. The van der Waals surface area contributed by atoms with Crippen LogP contribution in [0.5, 0.6) is 5.88 Å². The summed E-state index contributed by atoms with van der Waals surface area (Å²) in [5.74, 6) is -0.634. The van der Waals surface area contributed by atoms with Crippen LogP contribution in [0, 0.1) is 5.82 Å². The van der Waals surface area contributed by atoms with Crippen molar-refractivity contribution in [1.29, 1.82) is 0 Å². The highest BCUT2D eigenvalue weighted by atomic mass is 35.5. The monoisotopic (exact) mass is 348 g/mol. The number of halogens is 2. The van der Waals surface area contributed by atoms with Crippen molar-refractivity contribution in [1.82, 2.24) is 10.3 Å². The number of nitrogens with zero attached hydrogens (tertiary/aromatic N) is 1. The summed E-state index contributed by atoms with van der Waals surface area (Å²) >= 11 is 5.90. The summed E-state index contributed by atoms with van der Waals surface area (Å²) in [6, 6.07) is 7.73. The lowest BCUT2D eigenvalue weighted by molar-refractivity contribution is 0.0947. The van der Waals surface area contributed by atoms with E-state index in [0.717, 1.165) is 18.4 Å². The predicted molar refractivity (Wildman–Crippen MR) is 89.7 cm³/mol. The zero-order chi connectivity index (χ0) is 16.9. The largest absolute Gasteiger partial charge is 0.474 e. The van der Waals surface area contributed by atoms with E-state index in [0.29, 0.717) is 5.88 Å².